The van der Waals surface area contributed by atoms with E-state index < -0.39 is 0 Å². The van der Waals surface area contributed by atoms with E-state index in [1.807, 2.05) is 13.1 Å². The zero-order valence-corrected chi connectivity index (χ0v) is 13.4. The smallest absolute Gasteiger partial charge is 0.101 e. The van der Waals surface area contributed by atoms with Crippen molar-refractivity contribution in [2.45, 2.75) is 32.9 Å². The van der Waals surface area contributed by atoms with Gasteiger partial charge in [-0.15, -0.1) is 0 Å². The lowest BCUT2D eigenvalue weighted by molar-refractivity contribution is 0.232. The molecule has 1 N–H and O–H groups in total. The van der Waals surface area contributed by atoms with Gasteiger partial charge in [0.2, 0.25) is 0 Å². The normalized spacial score (nSPS) is 18.2. The topological polar surface area (TPSA) is 42.3 Å². The Balaban J connectivity index is 2.14. The molecule has 1 saturated heterocycles. The highest BCUT2D eigenvalue weighted by Gasteiger charge is 2.27. The van der Waals surface area contributed by atoms with Crippen LogP contribution in [-0.4, -0.2) is 44.2 Å². The fourth-order valence-corrected chi connectivity index (χ4v) is 3.26. The van der Waals surface area contributed by atoms with Crippen LogP contribution in [0.25, 0.3) is 0 Å². The number of nitriles is 1. The van der Waals surface area contributed by atoms with Gasteiger partial charge in [0.15, 0.2) is 0 Å². The van der Waals surface area contributed by atoms with E-state index in [2.05, 4.69) is 47.2 Å². The lowest BCUT2D eigenvalue weighted by atomic mass is 10.1. The van der Waals surface area contributed by atoms with Gasteiger partial charge in [-0.3, -0.25) is 4.90 Å². The van der Waals surface area contributed by atoms with Crippen molar-refractivity contribution in [2.24, 2.45) is 0 Å². The first-order valence-electron chi connectivity index (χ1n) is 7.90. The highest BCUT2D eigenvalue weighted by molar-refractivity contribution is 5.61. The van der Waals surface area contributed by atoms with Crippen molar-refractivity contribution in [3.05, 3.63) is 29.3 Å². The van der Waals surface area contributed by atoms with E-state index in [0.717, 1.165) is 49.5 Å². The number of rotatable bonds is 6. The molecule has 1 unspecified atom stereocenters. The molecule has 0 saturated carbocycles. The molecular formula is C17H26N4. The number of nitrogens with one attached hydrogen (secondary N) is 1. The van der Waals surface area contributed by atoms with E-state index in [-0.39, 0.29) is 0 Å². The summed E-state index contributed by atoms with van der Waals surface area (Å²) in [5, 5.41) is 12.6. The molecule has 0 spiro atoms. The van der Waals surface area contributed by atoms with Gasteiger partial charge in [0, 0.05) is 25.7 Å². The molecule has 0 aliphatic carbocycles. The van der Waals surface area contributed by atoms with E-state index in [1.54, 1.807) is 0 Å². The fourth-order valence-electron chi connectivity index (χ4n) is 3.26. The second-order valence-electron chi connectivity index (χ2n) is 5.60. The molecule has 4 nitrogen and oxygen atoms in total. The Hall–Kier alpha value is -1.57. The predicted octanol–water partition coefficient (Wildman–Crippen LogP) is 2.20. The Labute approximate surface area is 128 Å². The second-order valence-corrected chi connectivity index (χ2v) is 5.60. The molecule has 1 aliphatic heterocycles. The van der Waals surface area contributed by atoms with Crippen molar-refractivity contribution in [3.63, 3.8) is 0 Å². The average Bonchev–Trinajstić information content (AvgIpc) is 2.98. The van der Waals surface area contributed by atoms with Crippen LogP contribution in [0.1, 0.15) is 31.4 Å². The zero-order chi connectivity index (χ0) is 15.2. The minimum atomic E-state index is 0.614. The van der Waals surface area contributed by atoms with Gasteiger partial charge in [0.05, 0.1) is 11.3 Å². The van der Waals surface area contributed by atoms with Crippen LogP contribution < -0.4 is 10.2 Å². The Morgan fingerprint density at radius 3 is 2.76 bits per heavy atom. The number of nitrogens with zero attached hydrogens (tertiary/aromatic N) is 3. The first-order chi connectivity index (χ1) is 10.2. The summed E-state index contributed by atoms with van der Waals surface area (Å²) in [6.45, 7) is 9.52. The molecule has 21 heavy (non-hydrogen) atoms. The Kier molecular flexibility index (Phi) is 5.60. The van der Waals surface area contributed by atoms with Gasteiger partial charge in [-0.2, -0.15) is 5.26 Å². The van der Waals surface area contributed by atoms with Crippen LogP contribution in [0.15, 0.2) is 18.2 Å². The molecule has 0 radical (unpaired) electrons. The van der Waals surface area contributed by atoms with Crippen molar-refractivity contribution in [1.29, 1.82) is 5.26 Å². The molecule has 0 amide bonds. The summed E-state index contributed by atoms with van der Waals surface area (Å²) < 4.78 is 0. The van der Waals surface area contributed by atoms with Crippen LogP contribution in [0, 0.1) is 11.3 Å². The molecule has 2 rings (SSSR count). The van der Waals surface area contributed by atoms with Gasteiger partial charge in [-0.1, -0.05) is 19.9 Å². The van der Waals surface area contributed by atoms with Crippen LogP contribution >= 0.6 is 0 Å². The summed E-state index contributed by atoms with van der Waals surface area (Å²) in [4.78, 5) is 4.88. The van der Waals surface area contributed by atoms with Crippen LogP contribution in [0.4, 0.5) is 5.69 Å². The van der Waals surface area contributed by atoms with Gasteiger partial charge in [-0.05, 0) is 44.3 Å². The largest absolute Gasteiger partial charge is 0.369 e. The monoisotopic (exact) mass is 286 g/mol. The van der Waals surface area contributed by atoms with Gasteiger partial charge in [0.25, 0.3) is 0 Å². The van der Waals surface area contributed by atoms with E-state index >= 15 is 0 Å². The molecule has 4 heteroatoms. The SMILES string of the molecule is CCN(CC)C1CCN(c2ccc(CNC)cc2C#N)C1. The van der Waals surface area contributed by atoms with Gasteiger partial charge in [-0.25, -0.2) is 0 Å². The minimum absolute atomic E-state index is 0.614. The predicted molar refractivity (Wildman–Crippen MR) is 87.5 cm³/mol. The number of benzene rings is 1. The molecule has 1 aromatic rings. The van der Waals surface area contributed by atoms with Gasteiger partial charge >= 0.3 is 0 Å². The highest BCUT2D eigenvalue weighted by atomic mass is 15.2. The van der Waals surface area contributed by atoms with E-state index in [1.165, 1.54) is 6.42 Å². The third-order valence-corrected chi connectivity index (χ3v) is 4.40. The number of hydrogen-bond acceptors (Lipinski definition) is 4. The molecule has 0 aromatic heterocycles. The van der Waals surface area contributed by atoms with Crippen LogP contribution in [0.3, 0.4) is 0 Å². The van der Waals surface area contributed by atoms with E-state index in [9.17, 15) is 5.26 Å². The summed E-state index contributed by atoms with van der Waals surface area (Å²) in [5.41, 5.74) is 3.05. The summed E-state index contributed by atoms with van der Waals surface area (Å²) in [7, 11) is 1.93. The van der Waals surface area contributed by atoms with Crippen molar-refractivity contribution in [3.8, 4) is 6.07 Å². The molecular weight excluding hydrogens is 260 g/mol. The molecule has 1 heterocycles. The molecule has 1 atom stereocenters. The maximum Gasteiger partial charge on any atom is 0.101 e. The third kappa shape index (κ3) is 3.55. The minimum Gasteiger partial charge on any atom is -0.369 e. The van der Waals surface area contributed by atoms with Crippen molar-refractivity contribution < 1.29 is 0 Å². The lowest BCUT2D eigenvalue weighted by Gasteiger charge is -2.27. The number of anilines is 1. The molecule has 1 aliphatic rings. The maximum absolute atomic E-state index is 9.43. The summed E-state index contributed by atoms with van der Waals surface area (Å²) in [5.74, 6) is 0. The van der Waals surface area contributed by atoms with Gasteiger partial charge in [0.1, 0.15) is 6.07 Å². The third-order valence-electron chi connectivity index (χ3n) is 4.40. The van der Waals surface area contributed by atoms with Gasteiger partial charge < -0.3 is 10.2 Å². The second kappa shape index (κ2) is 7.44. The van der Waals surface area contributed by atoms with Crippen LogP contribution in [0.2, 0.25) is 0 Å². The van der Waals surface area contributed by atoms with E-state index in [4.69, 9.17) is 0 Å². The number of hydrogen-bond donors (Lipinski definition) is 1. The molecule has 0 bridgehead atoms. The number of likely N-dealkylation sites (N-methyl/N-ethyl adjacent to an activating group) is 1. The zero-order valence-electron chi connectivity index (χ0n) is 13.4. The lowest BCUT2D eigenvalue weighted by Crippen LogP contribution is -2.37. The fraction of sp³-hybridized carbons (Fsp3) is 0.588. The van der Waals surface area contributed by atoms with Crippen LogP contribution in [-0.2, 0) is 6.54 Å². The van der Waals surface area contributed by atoms with Crippen LogP contribution in [0.5, 0.6) is 0 Å². The maximum atomic E-state index is 9.43. The summed E-state index contributed by atoms with van der Waals surface area (Å²) >= 11 is 0. The molecule has 114 valence electrons. The molecule has 1 fully saturated rings. The standard InChI is InChI=1S/C17H26N4/c1-4-20(5-2)16-8-9-21(13-16)17-7-6-14(12-19-3)10-15(17)11-18/h6-7,10,16,19H,4-5,8-9,12-13H2,1-3H3. The first kappa shape index (κ1) is 15.8. The first-order valence-corrected chi connectivity index (χ1v) is 7.90. The Morgan fingerprint density at radius 1 is 1.38 bits per heavy atom. The van der Waals surface area contributed by atoms with Crippen molar-refractivity contribution in [1.82, 2.24) is 10.2 Å². The quantitative estimate of drug-likeness (QED) is 0.870. The average molecular weight is 286 g/mol. The summed E-state index contributed by atoms with van der Waals surface area (Å²) in [6.07, 6.45) is 1.19. The van der Waals surface area contributed by atoms with Crippen molar-refractivity contribution in [2.75, 3.05) is 38.1 Å². The van der Waals surface area contributed by atoms with E-state index in [0.29, 0.717) is 6.04 Å². The highest BCUT2D eigenvalue weighted by Crippen LogP contribution is 2.27. The summed E-state index contributed by atoms with van der Waals surface area (Å²) in [6, 6.07) is 9.21. The Bertz CT molecular complexity index is 502. The Morgan fingerprint density at radius 2 is 2.14 bits per heavy atom. The molecule has 1 aromatic carbocycles. The van der Waals surface area contributed by atoms with Crippen molar-refractivity contribution >= 4 is 5.69 Å².